The molecule has 0 spiro atoms. The number of aromatic nitrogens is 3. The van der Waals surface area contributed by atoms with Gasteiger partial charge in [0, 0.05) is 6.20 Å². The fourth-order valence-electron chi connectivity index (χ4n) is 1.60. The van der Waals surface area contributed by atoms with Gasteiger partial charge < -0.3 is 10.1 Å². The van der Waals surface area contributed by atoms with Crippen molar-refractivity contribution in [1.29, 1.82) is 0 Å². The van der Waals surface area contributed by atoms with Gasteiger partial charge in [-0.3, -0.25) is 0 Å². The lowest BCUT2D eigenvalue weighted by Gasteiger charge is -2.10. The Kier molecular flexibility index (Phi) is 5.52. The molecular formula is C13H13Cl2FN4O. The molecule has 1 N–H and O–H groups in total. The van der Waals surface area contributed by atoms with Crippen LogP contribution in [0.3, 0.4) is 0 Å². The lowest BCUT2D eigenvalue weighted by molar-refractivity contribution is 0.320. The highest BCUT2D eigenvalue weighted by atomic mass is 35.5. The summed E-state index contributed by atoms with van der Waals surface area (Å²) in [5.74, 6) is -0.0106. The van der Waals surface area contributed by atoms with Crippen molar-refractivity contribution in [2.45, 2.75) is 13.3 Å². The van der Waals surface area contributed by atoms with E-state index in [-0.39, 0.29) is 18.3 Å². The van der Waals surface area contributed by atoms with Gasteiger partial charge in [-0.05, 0) is 12.5 Å². The van der Waals surface area contributed by atoms with Crippen LogP contribution in [0, 0.1) is 5.82 Å². The average molecular weight is 331 g/mol. The summed E-state index contributed by atoms with van der Waals surface area (Å²) in [4.78, 5) is 11.7. The van der Waals surface area contributed by atoms with E-state index in [0.29, 0.717) is 28.7 Å². The molecule has 0 amide bonds. The second-order valence-corrected chi connectivity index (χ2v) is 4.90. The molecule has 2 aromatic rings. The second-order valence-electron chi connectivity index (χ2n) is 4.05. The van der Waals surface area contributed by atoms with Crippen molar-refractivity contribution >= 4 is 29.0 Å². The second kappa shape index (κ2) is 7.38. The molecule has 0 bridgehead atoms. The maximum Gasteiger partial charge on any atom is 0.232 e. The van der Waals surface area contributed by atoms with Gasteiger partial charge in [0.2, 0.25) is 5.88 Å². The zero-order chi connectivity index (χ0) is 15.2. The molecule has 0 aliphatic heterocycles. The highest BCUT2D eigenvalue weighted by Crippen LogP contribution is 2.24. The first kappa shape index (κ1) is 15.7. The van der Waals surface area contributed by atoms with Crippen LogP contribution in [0.1, 0.15) is 12.6 Å². The molecule has 0 aliphatic rings. The van der Waals surface area contributed by atoms with Crippen molar-refractivity contribution in [3.8, 4) is 5.88 Å². The molecule has 0 aromatic carbocycles. The summed E-state index contributed by atoms with van der Waals surface area (Å²) in [5, 5.41) is 3.59. The summed E-state index contributed by atoms with van der Waals surface area (Å²) >= 11 is 11.7. The van der Waals surface area contributed by atoms with Crippen LogP contribution in [0.5, 0.6) is 5.88 Å². The van der Waals surface area contributed by atoms with Gasteiger partial charge in [0.05, 0.1) is 17.3 Å². The Balaban J connectivity index is 1.87. The lowest BCUT2D eigenvalue weighted by Crippen LogP contribution is -2.15. The number of pyridine rings is 1. The summed E-state index contributed by atoms with van der Waals surface area (Å²) < 4.78 is 19.2. The highest BCUT2D eigenvalue weighted by Gasteiger charge is 2.09. The smallest absolute Gasteiger partial charge is 0.232 e. The first-order valence-electron chi connectivity index (χ1n) is 6.29. The predicted octanol–water partition coefficient (Wildman–Crippen LogP) is 3.37. The van der Waals surface area contributed by atoms with Gasteiger partial charge in [-0.15, -0.1) is 0 Å². The van der Waals surface area contributed by atoms with Crippen LogP contribution in [-0.4, -0.2) is 28.1 Å². The maximum atomic E-state index is 13.9. The minimum absolute atomic E-state index is 0.153. The standard InChI is InChI=1S/C13H13Cl2FN4O/c1-2-10-11(16)12(20-7-19-10)17-3-4-21-13-9(15)5-8(14)6-18-13/h5-7H,2-4H2,1H3,(H,17,19,20). The molecule has 8 heteroatoms. The molecule has 0 radical (unpaired) electrons. The summed E-state index contributed by atoms with van der Waals surface area (Å²) in [6, 6.07) is 1.54. The van der Waals surface area contributed by atoms with Gasteiger partial charge in [0.15, 0.2) is 11.6 Å². The summed E-state index contributed by atoms with van der Waals surface area (Å²) in [6.07, 6.45) is 3.26. The van der Waals surface area contributed by atoms with Crippen LogP contribution in [0.2, 0.25) is 10.0 Å². The molecule has 5 nitrogen and oxygen atoms in total. The van der Waals surface area contributed by atoms with E-state index in [0.717, 1.165) is 0 Å². The molecular weight excluding hydrogens is 318 g/mol. The van der Waals surface area contributed by atoms with Crippen LogP contribution in [-0.2, 0) is 6.42 Å². The monoisotopic (exact) mass is 330 g/mol. The van der Waals surface area contributed by atoms with Gasteiger partial charge in [-0.1, -0.05) is 30.1 Å². The van der Waals surface area contributed by atoms with Gasteiger partial charge >= 0.3 is 0 Å². The van der Waals surface area contributed by atoms with Crippen molar-refractivity contribution in [2.24, 2.45) is 0 Å². The SMILES string of the molecule is CCc1ncnc(NCCOc2ncc(Cl)cc2Cl)c1F. The van der Waals surface area contributed by atoms with Gasteiger partial charge in [0.1, 0.15) is 18.0 Å². The molecule has 112 valence electrons. The van der Waals surface area contributed by atoms with Crippen LogP contribution in [0.4, 0.5) is 10.2 Å². The quantitative estimate of drug-likeness (QED) is 0.823. The van der Waals surface area contributed by atoms with E-state index in [2.05, 4.69) is 20.3 Å². The van der Waals surface area contributed by atoms with E-state index in [4.69, 9.17) is 27.9 Å². The van der Waals surface area contributed by atoms with Gasteiger partial charge in [-0.25, -0.2) is 19.3 Å². The largest absolute Gasteiger partial charge is 0.475 e. The average Bonchev–Trinajstić information content (AvgIpc) is 2.47. The normalized spacial score (nSPS) is 10.5. The highest BCUT2D eigenvalue weighted by molar-refractivity contribution is 6.35. The molecule has 2 heterocycles. The Labute approximate surface area is 131 Å². The zero-order valence-corrected chi connectivity index (χ0v) is 12.7. The van der Waals surface area contributed by atoms with Crippen LogP contribution >= 0.6 is 23.2 Å². The van der Waals surface area contributed by atoms with E-state index in [9.17, 15) is 4.39 Å². The minimum Gasteiger partial charge on any atom is -0.475 e. The van der Waals surface area contributed by atoms with E-state index >= 15 is 0 Å². The third-order valence-electron chi connectivity index (χ3n) is 2.60. The number of nitrogens with zero attached hydrogens (tertiary/aromatic N) is 3. The van der Waals surface area contributed by atoms with E-state index < -0.39 is 5.82 Å². The molecule has 0 aliphatic carbocycles. The number of ether oxygens (including phenoxy) is 1. The lowest BCUT2D eigenvalue weighted by atomic mass is 10.3. The van der Waals surface area contributed by atoms with Crippen molar-refractivity contribution in [2.75, 3.05) is 18.5 Å². The van der Waals surface area contributed by atoms with Crippen molar-refractivity contribution in [3.63, 3.8) is 0 Å². The first-order chi connectivity index (χ1) is 10.1. The zero-order valence-electron chi connectivity index (χ0n) is 11.2. The van der Waals surface area contributed by atoms with E-state index in [1.165, 1.54) is 18.6 Å². The van der Waals surface area contributed by atoms with Crippen molar-refractivity contribution in [1.82, 2.24) is 15.0 Å². The summed E-state index contributed by atoms with van der Waals surface area (Å²) in [5.41, 5.74) is 0.371. The van der Waals surface area contributed by atoms with Crippen molar-refractivity contribution in [3.05, 3.63) is 40.1 Å². The molecule has 2 aromatic heterocycles. The fraction of sp³-hybridized carbons (Fsp3) is 0.308. The Morgan fingerprint density at radius 1 is 1.29 bits per heavy atom. The number of hydrogen-bond acceptors (Lipinski definition) is 5. The van der Waals surface area contributed by atoms with Crippen LogP contribution in [0.15, 0.2) is 18.6 Å². The summed E-state index contributed by atoms with van der Waals surface area (Å²) in [7, 11) is 0. The third-order valence-corrected chi connectivity index (χ3v) is 3.08. The topological polar surface area (TPSA) is 59.9 Å². The number of rotatable bonds is 6. The fourth-order valence-corrected chi connectivity index (χ4v) is 2.04. The minimum atomic E-state index is -0.442. The number of anilines is 1. The number of aryl methyl sites for hydroxylation is 1. The molecule has 0 saturated heterocycles. The third kappa shape index (κ3) is 4.15. The Morgan fingerprint density at radius 3 is 2.81 bits per heavy atom. The maximum absolute atomic E-state index is 13.9. The molecule has 21 heavy (non-hydrogen) atoms. The van der Waals surface area contributed by atoms with Gasteiger partial charge in [0.25, 0.3) is 0 Å². The first-order valence-corrected chi connectivity index (χ1v) is 7.04. The van der Waals surface area contributed by atoms with E-state index in [1.807, 2.05) is 6.92 Å². The molecule has 0 saturated carbocycles. The number of halogens is 3. The van der Waals surface area contributed by atoms with E-state index in [1.54, 1.807) is 0 Å². The number of hydrogen-bond donors (Lipinski definition) is 1. The van der Waals surface area contributed by atoms with Crippen molar-refractivity contribution < 1.29 is 9.13 Å². The predicted molar refractivity (Wildman–Crippen MR) is 79.6 cm³/mol. The van der Waals surface area contributed by atoms with Crippen LogP contribution in [0.25, 0.3) is 0 Å². The van der Waals surface area contributed by atoms with Gasteiger partial charge in [-0.2, -0.15) is 0 Å². The summed E-state index contributed by atoms with van der Waals surface area (Å²) in [6.45, 7) is 2.42. The molecule has 0 atom stereocenters. The molecule has 0 unspecified atom stereocenters. The molecule has 0 fully saturated rings. The molecule has 2 rings (SSSR count). The Morgan fingerprint density at radius 2 is 2.10 bits per heavy atom. The van der Waals surface area contributed by atoms with Crippen LogP contribution < -0.4 is 10.1 Å². The number of nitrogens with one attached hydrogen (secondary N) is 1. The Hall–Kier alpha value is -1.66. The Bertz CT molecular complexity index is 627.